The Kier molecular flexibility index (Phi) is 5.28. The molecule has 10 heteroatoms. The number of ether oxygens (including phenoxy) is 1. The number of aromatic nitrogens is 5. The zero-order valence-electron chi connectivity index (χ0n) is 18.9. The van der Waals surface area contributed by atoms with Gasteiger partial charge < -0.3 is 14.6 Å². The van der Waals surface area contributed by atoms with E-state index in [1.807, 2.05) is 42.6 Å². The number of nitriles is 1. The van der Waals surface area contributed by atoms with Crippen LogP contribution in [0.2, 0.25) is 0 Å². The third kappa shape index (κ3) is 3.56. The highest BCUT2D eigenvalue weighted by Crippen LogP contribution is 2.38. The number of hydrogen-bond acceptors (Lipinski definition) is 7. The summed E-state index contributed by atoms with van der Waals surface area (Å²) in [6, 6.07) is 13.4. The summed E-state index contributed by atoms with van der Waals surface area (Å²) in [4.78, 5) is 28.5. The van der Waals surface area contributed by atoms with Crippen LogP contribution >= 0.6 is 11.3 Å². The van der Waals surface area contributed by atoms with Crippen LogP contribution in [0, 0.1) is 11.3 Å². The second-order valence-corrected chi connectivity index (χ2v) is 9.44. The molecule has 1 amide bonds. The number of nitrogens with one attached hydrogen (secondary N) is 1. The fourth-order valence-electron chi connectivity index (χ4n) is 4.64. The Hall–Kier alpha value is -4.07. The Labute approximate surface area is 204 Å². The molecule has 0 bridgehead atoms. The maximum absolute atomic E-state index is 14.1. The lowest BCUT2D eigenvalue weighted by atomic mass is 10.0. The molecule has 5 heterocycles. The van der Waals surface area contributed by atoms with Gasteiger partial charge in [-0.2, -0.15) is 10.4 Å². The van der Waals surface area contributed by atoms with Gasteiger partial charge in [0.05, 0.1) is 34.4 Å². The number of methoxy groups -OCH3 is 1. The average Bonchev–Trinajstić information content (AvgIpc) is 3.62. The lowest BCUT2D eigenvalue weighted by molar-refractivity contribution is 0.0692. The average molecular weight is 484 g/mol. The number of thiazole rings is 1. The number of carbonyl (C=O) groups is 1. The van der Waals surface area contributed by atoms with Crippen molar-refractivity contribution in [3.63, 3.8) is 0 Å². The van der Waals surface area contributed by atoms with E-state index in [1.54, 1.807) is 34.2 Å². The maximum atomic E-state index is 14.1. The minimum Gasteiger partial charge on any atom is -0.384 e. The lowest BCUT2D eigenvalue weighted by Crippen LogP contribution is -2.41. The molecule has 1 aliphatic rings. The Morgan fingerprint density at radius 3 is 3.03 bits per heavy atom. The number of aromatic amines is 1. The zero-order chi connectivity index (χ0) is 23.9. The first-order valence-corrected chi connectivity index (χ1v) is 12.1. The first kappa shape index (κ1) is 21.5. The molecule has 9 nitrogen and oxygen atoms in total. The molecular weight excluding hydrogens is 462 g/mol. The third-order valence-corrected chi connectivity index (χ3v) is 7.42. The van der Waals surface area contributed by atoms with Crippen molar-refractivity contribution in [1.82, 2.24) is 29.5 Å². The van der Waals surface area contributed by atoms with Crippen molar-refractivity contribution in [2.75, 3.05) is 20.3 Å². The topological polar surface area (TPSA) is 112 Å². The Morgan fingerprint density at radius 2 is 2.20 bits per heavy atom. The van der Waals surface area contributed by atoms with Crippen molar-refractivity contribution in [1.29, 1.82) is 5.26 Å². The van der Waals surface area contributed by atoms with E-state index in [2.05, 4.69) is 21.1 Å². The smallest absolute Gasteiger partial charge is 0.260 e. The van der Waals surface area contributed by atoms with Crippen LogP contribution in [0.4, 0.5) is 0 Å². The van der Waals surface area contributed by atoms with Crippen LogP contribution in [-0.2, 0) is 17.6 Å². The number of amides is 1. The second kappa shape index (κ2) is 8.61. The normalized spacial score (nSPS) is 15.4. The number of fused-ring (bicyclic) bond motifs is 3. The first-order valence-electron chi connectivity index (χ1n) is 11.3. The van der Waals surface area contributed by atoms with Gasteiger partial charge in [-0.1, -0.05) is 18.2 Å². The van der Waals surface area contributed by atoms with Gasteiger partial charge in [-0.15, -0.1) is 11.3 Å². The molecule has 0 fully saturated rings. The summed E-state index contributed by atoms with van der Waals surface area (Å²) >= 11 is 1.56. The summed E-state index contributed by atoms with van der Waals surface area (Å²) in [7, 11) is 1.65. The van der Waals surface area contributed by atoms with Crippen molar-refractivity contribution in [2.45, 2.75) is 18.9 Å². The fraction of sp³-hybridized carbons (Fsp3) is 0.240. The minimum absolute atomic E-state index is 0.106. The van der Waals surface area contributed by atoms with E-state index in [0.717, 1.165) is 32.2 Å². The molecule has 0 aliphatic carbocycles. The van der Waals surface area contributed by atoms with Crippen LogP contribution < -0.4 is 0 Å². The van der Waals surface area contributed by atoms with Crippen LogP contribution in [0.3, 0.4) is 0 Å². The molecule has 6 rings (SSSR count). The van der Waals surface area contributed by atoms with E-state index >= 15 is 0 Å². The molecule has 1 atom stereocenters. The van der Waals surface area contributed by atoms with Gasteiger partial charge in [0.2, 0.25) is 0 Å². The molecule has 4 aromatic heterocycles. The van der Waals surface area contributed by atoms with Gasteiger partial charge in [0.1, 0.15) is 22.7 Å². The molecule has 35 heavy (non-hydrogen) atoms. The van der Waals surface area contributed by atoms with Crippen molar-refractivity contribution in [3.8, 4) is 6.07 Å². The summed E-state index contributed by atoms with van der Waals surface area (Å²) in [6.07, 6.45) is 4.87. The number of hydrogen-bond donors (Lipinski definition) is 1. The monoisotopic (exact) mass is 483 g/mol. The first-order chi connectivity index (χ1) is 17.2. The number of benzene rings is 1. The van der Waals surface area contributed by atoms with E-state index in [1.165, 1.54) is 0 Å². The maximum Gasteiger partial charge on any atom is 0.260 e. The Bertz CT molecular complexity index is 1580. The minimum atomic E-state index is -0.447. The highest BCUT2D eigenvalue weighted by Gasteiger charge is 2.38. The second-order valence-electron chi connectivity index (χ2n) is 8.38. The fourth-order valence-corrected chi connectivity index (χ4v) is 5.73. The molecule has 174 valence electrons. The Balaban J connectivity index is 1.46. The van der Waals surface area contributed by atoms with Gasteiger partial charge in [-0.25, -0.2) is 14.5 Å². The van der Waals surface area contributed by atoms with E-state index < -0.39 is 6.04 Å². The van der Waals surface area contributed by atoms with Gasteiger partial charge >= 0.3 is 0 Å². The molecule has 1 aliphatic heterocycles. The number of carbonyl (C=O) groups excluding carboxylic acids is 1. The number of H-pyrrole nitrogens is 1. The summed E-state index contributed by atoms with van der Waals surface area (Å²) < 4.78 is 7.84. The van der Waals surface area contributed by atoms with Crippen molar-refractivity contribution >= 4 is 33.0 Å². The van der Waals surface area contributed by atoms with E-state index in [0.29, 0.717) is 37.1 Å². The van der Waals surface area contributed by atoms with Gasteiger partial charge in [0.15, 0.2) is 5.69 Å². The number of para-hydroxylation sites is 1. The molecule has 5 aromatic rings. The van der Waals surface area contributed by atoms with Crippen LogP contribution in [0.25, 0.3) is 15.7 Å². The largest absolute Gasteiger partial charge is 0.384 e. The van der Waals surface area contributed by atoms with Crippen molar-refractivity contribution < 1.29 is 9.53 Å². The van der Waals surface area contributed by atoms with Crippen LogP contribution in [0.15, 0.2) is 48.9 Å². The molecule has 0 unspecified atom stereocenters. The summed E-state index contributed by atoms with van der Waals surface area (Å²) in [6.45, 7) is 1.05. The number of nitrogens with zero attached hydrogens (tertiary/aromatic N) is 6. The lowest BCUT2D eigenvalue weighted by Gasteiger charge is -2.33. The molecular formula is C25H21N7O2S. The summed E-state index contributed by atoms with van der Waals surface area (Å²) in [5.74, 6) is -0.251. The van der Waals surface area contributed by atoms with Gasteiger partial charge in [0, 0.05) is 32.0 Å². The number of rotatable bonds is 5. The number of pyridine rings is 1. The molecule has 0 saturated carbocycles. The van der Waals surface area contributed by atoms with Crippen molar-refractivity contribution in [3.05, 3.63) is 82.1 Å². The van der Waals surface area contributed by atoms with Gasteiger partial charge in [-0.3, -0.25) is 4.79 Å². The number of imidazole rings is 1. The highest BCUT2D eigenvalue weighted by atomic mass is 32.1. The standard InChI is InChI=1S/C25H21N7O2S/c1-34-11-9-15-6-7-19-21(18(12-26)30-32(19)13-15)25(33)31-10-8-17-22(28-14-27-17)23(31)24-29-16-4-2-3-5-20(16)35-24/h2-7,13-14,23H,8-11H2,1H3,(H,27,28)/t23-/m0/s1. The van der Waals surface area contributed by atoms with E-state index in [-0.39, 0.29) is 11.6 Å². The molecule has 0 spiro atoms. The SMILES string of the molecule is COCCc1ccc2c(C(=O)N3CCc4[nH]cnc4[C@H]3c3nc4ccccc4s3)c(C#N)nn2c1. The zero-order valence-corrected chi connectivity index (χ0v) is 19.7. The summed E-state index contributed by atoms with van der Waals surface area (Å²) in [5.41, 5.74) is 4.70. The predicted octanol–water partition coefficient (Wildman–Crippen LogP) is 3.52. The molecule has 0 saturated heterocycles. The van der Waals surface area contributed by atoms with Crippen LogP contribution in [-0.4, -0.2) is 55.6 Å². The van der Waals surface area contributed by atoms with E-state index in [9.17, 15) is 10.1 Å². The molecule has 1 N–H and O–H groups in total. The van der Waals surface area contributed by atoms with E-state index in [4.69, 9.17) is 9.72 Å². The Morgan fingerprint density at radius 1 is 1.31 bits per heavy atom. The van der Waals surface area contributed by atoms with Crippen LogP contribution in [0.5, 0.6) is 0 Å². The third-order valence-electron chi connectivity index (χ3n) is 6.34. The van der Waals surface area contributed by atoms with Gasteiger partial charge in [-0.05, 0) is 30.2 Å². The predicted molar refractivity (Wildman–Crippen MR) is 130 cm³/mol. The van der Waals surface area contributed by atoms with Crippen molar-refractivity contribution in [2.24, 2.45) is 0 Å². The summed E-state index contributed by atoms with van der Waals surface area (Å²) in [5, 5.41) is 15.0. The molecule has 1 aromatic carbocycles. The van der Waals surface area contributed by atoms with Crippen LogP contribution in [0.1, 0.15) is 44.1 Å². The van der Waals surface area contributed by atoms with Gasteiger partial charge in [0.25, 0.3) is 5.91 Å². The quantitative estimate of drug-likeness (QED) is 0.409. The highest BCUT2D eigenvalue weighted by molar-refractivity contribution is 7.18. The molecule has 0 radical (unpaired) electrons.